The van der Waals surface area contributed by atoms with Gasteiger partial charge in [-0.15, -0.1) is 0 Å². The van der Waals surface area contributed by atoms with Gasteiger partial charge in [0, 0.05) is 17.6 Å². The smallest absolute Gasteiger partial charge is 0.335 e. The van der Waals surface area contributed by atoms with Gasteiger partial charge in [-0.25, -0.2) is 9.18 Å². The molecular formula is C31H38FNO5. The molecule has 3 rings (SSSR count). The monoisotopic (exact) mass is 523 g/mol. The van der Waals surface area contributed by atoms with E-state index in [9.17, 15) is 19.4 Å². The first kappa shape index (κ1) is 29.3. The molecule has 1 unspecified atom stereocenters. The number of carboxylic acid groups (broad SMARTS) is 1. The number of hydrogen-bond acceptors (Lipinski definition) is 5. The van der Waals surface area contributed by atoms with Gasteiger partial charge in [0.05, 0.1) is 24.4 Å². The molecule has 38 heavy (non-hydrogen) atoms. The maximum atomic E-state index is 13.9. The minimum atomic E-state index is -0.981. The van der Waals surface area contributed by atoms with Crippen molar-refractivity contribution in [2.45, 2.75) is 65.7 Å². The maximum Gasteiger partial charge on any atom is 0.335 e. The molecular weight excluding hydrogens is 485 g/mol. The number of aromatic carboxylic acids is 1. The lowest BCUT2D eigenvalue weighted by molar-refractivity contribution is -0.00482. The minimum absolute atomic E-state index is 0.114. The number of aryl methyl sites for hydroxylation is 3. The van der Waals surface area contributed by atoms with Gasteiger partial charge in [-0.1, -0.05) is 30.3 Å². The Hall–Kier alpha value is -3.26. The quantitative estimate of drug-likeness (QED) is 0.259. The zero-order valence-corrected chi connectivity index (χ0v) is 23.0. The number of carbonyl (C=O) groups is 1. The third-order valence-electron chi connectivity index (χ3n) is 6.51. The highest BCUT2D eigenvalue weighted by Crippen LogP contribution is 2.35. The van der Waals surface area contributed by atoms with Crippen molar-refractivity contribution < 1.29 is 28.9 Å². The van der Waals surface area contributed by atoms with Gasteiger partial charge in [0.15, 0.2) is 0 Å². The van der Waals surface area contributed by atoms with Crippen LogP contribution in [-0.4, -0.2) is 41.0 Å². The average Bonchev–Trinajstić information content (AvgIpc) is 2.85. The molecule has 6 nitrogen and oxygen atoms in total. The van der Waals surface area contributed by atoms with E-state index in [1.54, 1.807) is 31.2 Å². The van der Waals surface area contributed by atoms with E-state index in [0.29, 0.717) is 30.0 Å². The lowest BCUT2D eigenvalue weighted by atomic mass is 9.94. The number of aliphatic hydroxyl groups is 1. The number of halogens is 1. The first-order valence-electron chi connectivity index (χ1n) is 12.8. The zero-order valence-electron chi connectivity index (χ0n) is 23.0. The topological polar surface area (TPSA) is 88.0 Å². The Morgan fingerprint density at radius 2 is 1.68 bits per heavy atom. The predicted octanol–water partition coefficient (Wildman–Crippen LogP) is 6.29. The van der Waals surface area contributed by atoms with Crippen LogP contribution in [0.5, 0.6) is 11.5 Å². The van der Waals surface area contributed by atoms with E-state index in [1.807, 2.05) is 65.0 Å². The van der Waals surface area contributed by atoms with Crippen LogP contribution < -0.4 is 10.1 Å². The molecule has 3 aromatic rings. The number of hydrogen-bond donors (Lipinski definition) is 3. The number of ether oxygens (including phenoxy) is 2. The molecule has 0 fully saturated rings. The molecule has 0 saturated carbocycles. The van der Waals surface area contributed by atoms with Crippen LogP contribution in [0.2, 0.25) is 0 Å². The van der Waals surface area contributed by atoms with Crippen LogP contribution in [0, 0.1) is 26.6 Å². The molecule has 2 atom stereocenters. The number of β-amino-alcohol motifs (C(OH)–C–C–N with tert-alkyl or cyclic N) is 1. The standard InChI is InChI=1S/C31H38FNO5/c1-19-11-12-23(15-27(19)32)16-31(5,6)33-17-25(34)18-37-22(4)26-9-7-8-10-28(26)38-29-20(2)13-24(30(35)36)14-21(29)3/h7-15,22,25,33-34H,16-18H2,1-6H3,(H,35,36)/t22?,25-/m1/s1. The van der Waals surface area contributed by atoms with Gasteiger partial charge in [0.25, 0.3) is 0 Å². The van der Waals surface area contributed by atoms with Crippen LogP contribution in [0.25, 0.3) is 0 Å². The Morgan fingerprint density at radius 3 is 2.32 bits per heavy atom. The predicted molar refractivity (Wildman–Crippen MR) is 147 cm³/mol. The molecule has 0 heterocycles. The summed E-state index contributed by atoms with van der Waals surface area (Å²) in [5, 5.41) is 23.2. The van der Waals surface area contributed by atoms with E-state index in [2.05, 4.69) is 5.32 Å². The number of rotatable bonds is 12. The van der Waals surface area contributed by atoms with Gasteiger partial charge >= 0.3 is 5.97 Å². The third-order valence-corrected chi connectivity index (χ3v) is 6.51. The molecule has 3 N–H and O–H groups in total. The van der Waals surface area contributed by atoms with E-state index in [1.165, 1.54) is 0 Å². The summed E-state index contributed by atoms with van der Waals surface area (Å²) in [6.45, 7) is 11.7. The lowest BCUT2D eigenvalue weighted by Crippen LogP contribution is -2.46. The second-order valence-electron chi connectivity index (χ2n) is 10.5. The summed E-state index contributed by atoms with van der Waals surface area (Å²) < 4.78 is 26.1. The molecule has 0 aliphatic rings. The van der Waals surface area contributed by atoms with Crippen LogP contribution in [0.3, 0.4) is 0 Å². The molecule has 0 spiro atoms. The van der Waals surface area contributed by atoms with Crippen molar-refractivity contribution >= 4 is 5.97 Å². The van der Waals surface area contributed by atoms with Crippen LogP contribution in [0.4, 0.5) is 4.39 Å². The fourth-order valence-electron chi connectivity index (χ4n) is 4.37. The fraction of sp³-hybridized carbons (Fsp3) is 0.387. The first-order chi connectivity index (χ1) is 17.9. The second kappa shape index (κ2) is 12.5. The van der Waals surface area contributed by atoms with Crippen LogP contribution >= 0.6 is 0 Å². The average molecular weight is 524 g/mol. The van der Waals surface area contributed by atoms with Crippen molar-refractivity contribution in [3.05, 3.63) is 93.8 Å². The lowest BCUT2D eigenvalue weighted by Gasteiger charge is -2.28. The molecule has 0 aromatic heterocycles. The van der Waals surface area contributed by atoms with Crippen molar-refractivity contribution in [2.75, 3.05) is 13.2 Å². The highest BCUT2D eigenvalue weighted by Gasteiger charge is 2.21. The van der Waals surface area contributed by atoms with E-state index in [-0.39, 0.29) is 29.6 Å². The molecule has 0 saturated heterocycles. The van der Waals surface area contributed by atoms with E-state index < -0.39 is 12.1 Å². The summed E-state index contributed by atoms with van der Waals surface area (Å²) in [6, 6.07) is 15.9. The van der Waals surface area contributed by atoms with Gasteiger partial charge in [-0.3, -0.25) is 0 Å². The zero-order chi connectivity index (χ0) is 28.0. The fourth-order valence-corrected chi connectivity index (χ4v) is 4.37. The summed E-state index contributed by atoms with van der Waals surface area (Å²) in [7, 11) is 0. The van der Waals surface area contributed by atoms with Crippen LogP contribution in [-0.2, 0) is 11.2 Å². The molecule has 0 aliphatic heterocycles. The molecule has 7 heteroatoms. The van der Waals surface area contributed by atoms with E-state index >= 15 is 0 Å². The van der Waals surface area contributed by atoms with Crippen molar-refractivity contribution in [3.63, 3.8) is 0 Å². The molecule has 0 radical (unpaired) electrons. The summed E-state index contributed by atoms with van der Waals surface area (Å²) in [5.41, 5.74) is 3.65. The highest BCUT2D eigenvalue weighted by atomic mass is 19.1. The molecule has 0 aliphatic carbocycles. The summed E-state index contributed by atoms with van der Waals surface area (Å²) in [6.07, 6.45) is -0.485. The maximum absolute atomic E-state index is 13.9. The summed E-state index contributed by atoms with van der Waals surface area (Å²) in [4.78, 5) is 11.4. The highest BCUT2D eigenvalue weighted by molar-refractivity contribution is 5.88. The Kier molecular flexibility index (Phi) is 9.66. The van der Waals surface area contributed by atoms with Crippen molar-refractivity contribution in [3.8, 4) is 11.5 Å². The SMILES string of the molecule is Cc1ccc(CC(C)(C)NC[C@@H](O)COC(C)c2ccccc2Oc2c(C)cc(C(=O)O)cc2C)cc1F. The summed E-state index contributed by atoms with van der Waals surface area (Å²) >= 11 is 0. The van der Waals surface area contributed by atoms with Crippen molar-refractivity contribution in [2.24, 2.45) is 0 Å². The van der Waals surface area contributed by atoms with Gasteiger partial charge in [0.2, 0.25) is 0 Å². The molecule has 3 aromatic carbocycles. The Morgan fingerprint density at radius 1 is 1.03 bits per heavy atom. The van der Waals surface area contributed by atoms with E-state index in [4.69, 9.17) is 9.47 Å². The Bertz CT molecular complexity index is 1250. The molecule has 204 valence electrons. The molecule has 0 bridgehead atoms. The van der Waals surface area contributed by atoms with Crippen LogP contribution in [0.1, 0.15) is 65.1 Å². The first-order valence-corrected chi connectivity index (χ1v) is 12.8. The second-order valence-corrected chi connectivity index (χ2v) is 10.5. The molecule has 0 amide bonds. The van der Waals surface area contributed by atoms with Gasteiger partial charge in [-0.2, -0.15) is 0 Å². The van der Waals surface area contributed by atoms with Gasteiger partial charge in [0.1, 0.15) is 17.3 Å². The minimum Gasteiger partial charge on any atom is -0.478 e. The third kappa shape index (κ3) is 7.87. The number of nitrogens with one attached hydrogen (secondary N) is 1. The Balaban J connectivity index is 1.59. The summed E-state index contributed by atoms with van der Waals surface area (Å²) in [5.74, 6) is 0.0150. The number of benzene rings is 3. The van der Waals surface area contributed by atoms with Crippen LogP contribution in [0.15, 0.2) is 54.6 Å². The Labute approximate surface area is 224 Å². The number of carboxylic acids is 1. The van der Waals surface area contributed by atoms with Gasteiger partial charge in [-0.05, 0) is 94.5 Å². The van der Waals surface area contributed by atoms with Crippen molar-refractivity contribution in [1.82, 2.24) is 5.32 Å². The number of para-hydroxylation sites is 1. The van der Waals surface area contributed by atoms with E-state index in [0.717, 1.165) is 22.3 Å². The number of aliphatic hydroxyl groups excluding tert-OH is 1. The normalized spacial score (nSPS) is 13.3. The van der Waals surface area contributed by atoms with Gasteiger partial charge < -0.3 is 25.0 Å². The van der Waals surface area contributed by atoms with Crippen molar-refractivity contribution in [1.29, 1.82) is 0 Å². The largest absolute Gasteiger partial charge is 0.478 e.